The fourth-order valence-corrected chi connectivity index (χ4v) is 1.60. The molecule has 0 saturated carbocycles. The van der Waals surface area contributed by atoms with Crippen molar-refractivity contribution in [2.45, 2.75) is 25.6 Å². The number of carbonyl (C=O) groups is 1. The summed E-state index contributed by atoms with van der Waals surface area (Å²) in [6.07, 6.45) is 0.512. The Morgan fingerprint density at radius 1 is 1.40 bits per heavy atom. The first-order valence-corrected chi connectivity index (χ1v) is 5.08. The summed E-state index contributed by atoms with van der Waals surface area (Å²) in [6, 6.07) is 8.13. The lowest BCUT2D eigenvalue weighted by Crippen LogP contribution is -2.09. The van der Waals surface area contributed by atoms with Crippen molar-refractivity contribution in [1.82, 2.24) is 0 Å². The Morgan fingerprint density at radius 2 is 2.07 bits per heavy atom. The molecule has 0 aromatic heterocycles. The number of epoxide rings is 1. The molecule has 0 radical (unpaired) electrons. The number of hydrogen-bond acceptors (Lipinski definition) is 3. The quantitative estimate of drug-likeness (QED) is 0.559. The van der Waals surface area contributed by atoms with Gasteiger partial charge in [-0.25, -0.2) is 4.79 Å². The first-order valence-electron chi connectivity index (χ1n) is 5.08. The molecule has 1 heterocycles. The van der Waals surface area contributed by atoms with Gasteiger partial charge in [0.15, 0.2) is 6.10 Å². The molecule has 0 bridgehead atoms. The second-order valence-corrected chi connectivity index (χ2v) is 3.60. The highest BCUT2D eigenvalue weighted by Crippen LogP contribution is 2.39. The molecular formula is C12H14O3. The van der Waals surface area contributed by atoms with Gasteiger partial charge in [-0.2, -0.15) is 0 Å². The molecule has 0 unspecified atom stereocenters. The molecule has 0 amide bonds. The summed E-state index contributed by atoms with van der Waals surface area (Å²) in [5.41, 5.74) is 2.33. The predicted octanol–water partition coefficient (Wildman–Crippen LogP) is 1.86. The van der Waals surface area contributed by atoms with E-state index in [1.807, 2.05) is 12.1 Å². The van der Waals surface area contributed by atoms with Gasteiger partial charge in [0, 0.05) is 0 Å². The smallest absolute Gasteiger partial charge is 0.338 e. The summed E-state index contributed by atoms with van der Waals surface area (Å²) in [5.74, 6) is -0.292. The van der Waals surface area contributed by atoms with E-state index in [9.17, 15) is 4.79 Å². The highest BCUT2D eigenvalue weighted by Gasteiger charge is 2.47. The summed E-state index contributed by atoms with van der Waals surface area (Å²) in [4.78, 5) is 11.1. The Balaban J connectivity index is 2.04. The Kier molecular flexibility index (Phi) is 2.73. The molecule has 1 aromatic carbocycles. The van der Waals surface area contributed by atoms with Crippen LogP contribution in [0.25, 0.3) is 0 Å². The van der Waals surface area contributed by atoms with Gasteiger partial charge < -0.3 is 9.47 Å². The summed E-state index contributed by atoms with van der Waals surface area (Å²) in [5, 5.41) is 0. The standard InChI is InChI=1S/C12H14O3/c1-3-8-4-6-9(7-5-8)10-11(15-10)12(13)14-2/h4-7,10-11H,3H2,1-2H3/t10-,11-/m0/s1. The van der Waals surface area contributed by atoms with Crippen molar-refractivity contribution in [2.24, 2.45) is 0 Å². The van der Waals surface area contributed by atoms with Crippen molar-refractivity contribution in [2.75, 3.05) is 7.11 Å². The average Bonchev–Trinajstić information content (AvgIpc) is 3.08. The molecule has 0 aliphatic carbocycles. The lowest BCUT2D eigenvalue weighted by Gasteiger charge is -1.98. The van der Waals surface area contributed by atoms with Crippen molar-refractivity contribution >= 4 is 5.97 Å². The van der Waals surface area contributed by atoms with Crippen LogP contribution in [0.4, 0.5) is 0 Å². The summed E-state index contributed by atoms with van der Waals surface area (Å²) in [6.45, 7) is 2.11. The summed E-state index contributed by atoms with van der Waals surface area (Å²) >= 11 is 0. The van der Waals surface area contributed by atoms with E-state index in [-0.39, 0.29) is 12.1 Å². The van der Waals surface area contributed by atoms with Crippen LogP contribution in [-0.4, -0.2) is 19.2 Å². The molecule has 3 nitrogen and oxygen atoms in total. The van der Waals surface area contributed by atoms with Crippen LogP contribution in [0.1, 0.15) is 24.2 Å². The third-order valence-electron chi connectivity index (χ3n) is 2.64. The van der Waals surface area contributed by atoms with Crippen LogP contribution in [0.5, 0.6) is 0 Å². The van der Waals surface area contributed by atoms with E-state index < -0.39 is 6.10 Å². The first-order chi connectivity index (χ1) is 7.26. The van der Waals surface area contributed by atoms with Crippen molar-refractivity contribution in [3.63, 3.8) is 0 Å². The van der Waals surface area contributed by atoms with Gasteiger partial charge in [0.2, 0.25) is 0 Å². The van der Waals surface area contributed by atoms with Crippen LogP contribution in [-0.2, 0) is 20.7 Å². The number of aryl methyl sites for hydroxylation is 1. The molecule has 15 heavy (non-hydrogen) atoms. The fraction of sp³-hybridized carbons (Fsp3) is 0.417. The summed E-state index contributed by atoms with van der Waals surface area (Å²) < 4.78 is 9.86. The van der Waals surface area contributed by atoms with Crippen molar-refractivity contribution in [3.8, 4) is 0 Å². The Bertz CT molecular complexity index is 356. The zero-order valence-corrected chi connectivity index (χ0v) is 8.90. The van der Waals surface area contributed by atoms with Gasteiger partial charge in [0.1, 0.15) is 6.10 Å². The van der Waals surface area contributed by atoms with Crippen LogP contribution in [0.2, 0.25) is 0 Å². The fourth-order valence-electron chi connectivity index (χ4n) is 1.60. The number of ether oxygens (including phenoxy) is 2. The Labute approximate surface area is 89.0 Å². The monoisotopic (exact) mass is 206 g/mol. The van der Waals surface area contributed by atoms with Crippen LogP contribution in [0.15, 0.2) is 24.3 Å². The lowest BCUT2D eigenvalue weighted by atomic mass is 10.1. The third kappa shape index (κ3) is 2.02. The molecule has 1 aromatic rings. The lowest BCUT2D eigenvalue weighted by molar-refractivity contribution is -0.142. The maximum atomic E-state index is 11.1. The predicted molar refractivity (Wildman–Crippen MR) is 55.5 cm³/mol. The van der Waals surface area contributed by atoms with Gasteiger partial charge in [-0.1, -0.05) is 31.2 Å². The van der Waals surface area contributed by atoms with Crippen LogP contribution in [0.3, 0.4) is 0 Å². The van der Waals surface area contributed by atoms with Crippen LogP contribution < -0.4 is 0 Å². The largest absolute Gasteiger partial charge is 0.467 e. The first kappa shape index (κ1) is 10.2. The normalized spacial score (nSPS) is 23.6. The molecule has 0 N–H and O–H groups in total. The van der Waals surface area contributed by atoms with Crippen LogP contribution in [0, 0.1) is 0 Å². The topological polar surface area (TPSA) is 38.8 Å². The van der Waals surface area contributed by atoms with E-state index in [0.717, 1.165) is 12.0 Å². The molecule has 1 saturated heterocycles. The minimum Gasteiger partial charge on any atom is -0.467 e. The number of hydrogen-bond donors (Lipinski definition) is 0. The van der Waals surface area contributed by atoms with Crippen molar-refractivity contribution in [3.05, 3.63) is 35.4 Å². The minimum atomic E-state index is -0.400. The third-order valence-corrected chi connectivity index (χ3v) is 2.64. The molecule has 2 atom stereocenters. The highest BCUT2D eigenvalue weighted by atomic mass is 16.6. The Hall–Kier alpha value is -1.35. The highest BCUT2D eigenvalue weighted by molar-refractivity contribution is 5.78. The number of carbonyl (C=O) groups excluding carboxylic acids is 1. The van der Waals surface area contributed by atoms with Gasteiger partial charge in [0.05, 0.1) is 7.11 Å². The van der Waals surface area contributed by atoms with Gasteiger partial charge in [-0.3, -0.25) is 0 Å². The van der Waals surface area contributed by atoms with Gasteiger partial charge in [-0.15, -0.1) is 0 Å². The number of benzene rings is 1. The molecule has 1 aliphatic heterocycles. The van der Waals surface area contributed by atoms with Crippen molar-refractivity contribution in [1.29, 1.82) is 0 Å². The number of esters is 1. The maximum absolute atomic E-state index is 11.1. The van der Waals surface area contributed by atoms with E-state index in [4.69, 9.17) is 4.74 Å². The second kappa shape index (κ2) is 4.03. The van der Waals surface area contributed by atoms with Crippen LogP contribution >= 0.6 is 0 Å². The average molecular weight is 206 g/mol. The zero-order valence-electron chi connectivity index (χ0n) is 8.90. The van der Waals surface area contributed by atoms with Gasteiger partial charge in [-0.05, 0) is 17.5 Å². The molecule has 1 fully saturated rings. The molecule has 3 heteroatoms. The maximum Gasteiger partial charge on any atom is 0.338 e. The van der Waals surface area contributed by atoms with Gasteiger partial charge in [0.25, 0.3) is 0 Å². The van der Waals surface area contributed by atoms with E-state index in [1.165, 1.54) is 12.7 Å². The number of methoxy groups -OCH3 is 1. The zero-order chi connectivity index (χ0) is 10.8. The minimum absolute atomic E-state index is 0.108. The number of rotatable bonds is 3. The Morgan fingerprint density at radius 3 is 2.60 bits per heavy atom. The summed E-state index contributed by atoms with van der Waals surface area (Å²) in [7, 11) is 1.38. The van der Waals surface area contributed by atoms with E-state index in [1.54, 1.807) is 0 Å². The van der Waals surface area contributed by atoms with E-state index >= 15 is 0 Å². The SMILES string of the molecule is CCc1ccc([C@@H]2O[C@@H]2C(=O)OC)cc1. The van der Waals surface area contributed by atoms with E-state index in [0.29, 0.717) is 0 Å². The molecular weight excluding hydrogens is 192 g/mol. The molecule has 80 valence electrons. The second-order valence-electron chi connectivity index (χ2n) is 3.60. The molecule has 0 spiro atoms. The van der Waals surface area contributed by atoms with Crippen molar-refractivity contribution < 1.29 is 14.3 Å². The molecule has 2 rings (SSSR count). The molecule has 1 aliphatic rings. The van der Waals surface area contributed by atoms with E-state index in [2.05, 4.69) is 23.8 Å². The van der Waals surface area contributed by atoms with Gasteiger partial charge >= 0.3 is 5.97 Å².